The van der Waals surface area contributed by atoms with E-state index in [1.807, 2.05) is 6.07 Å². The molecule has 1 aromatic heterocycles. The van der Waals surface area contributed by atoms with E-state index in [4.69, 9.17) is 4.74 Å². The van der Waals surface area contributed by atoms with Crippen LogP contribution in [0.1, 0.15) is 34.3 Å². The third-order valence-corrected chi connectivity index (χ3v) is 8.20. The number of likely N-dealkylation sites (tertiary alicyclic amines) is 1. The fourth-order valence-electron chi connectivity index (χ4n) is 6.12. The predicted octanol–water partition coefficient (Wildman–Crippen LogP) is 4.48. The monoisotopic (exact) mass is 596 g/mol. The summed E-state index contributed by atoms with van der Waals surface area (Å²) >= 11 is 0. The summed E-state index contributed by atoms with van der Waals surface area (Å²) in [6, 6.07) is 19.5. The minimum absolute atomic E-state index is 0.00641. The van der Waals surface area contributed by atoms with Gasteiger partial charge < -0.3 is 20.3 Å². The van der Waals surface area contributed by atoms with E-state index in [-0.39, 0.29) is 34.3 Å². The molecule has 9 nitrogen and oxygen atoms in total. The standard InChI is InChI=1S/C33H30F2N6O3/c34-24-13-5-4-11-22(24)29-26(33-41(39-29)18-20(19-44-33)17-40-15-6-7-16-40)31(42)38-30-32(43)37-28-23(12-8-14-25(28)35)27(36-30)21-9-2-1-3-10-21/h1-5,8-14,20,30H,6-7,15-19H2,(H,37,43)(H,38,42)/t20?,30-/m1/s1. The maximum absolute atomic E-state index is 15.1. The van der Waals surface area contributed by atoms with Gasteiger partial charge in [-0.3, -0.25) is 9.59 Å². The summed E-state index contributed by atoms with van der Waals surface area (Å²) in [5.41, 5.74) is 1.56. The number of carbonyl (C=O) groups excluding carboxylic acids is 2. The number of fused-ring (bicyclic) bond motifs is 2. The zero-order valence-electron chi connectivity index (χ0n) is 23.8. The van der Waals surface area contributed by atoms with E-state index in [9.17, 15) is 14.0 Å². The second kappa shape index (κ2) is 11.6. The lowest BCUT2D eigenvalue weighted by atomic mass is 10.0. The van der Waals surface area contributed by atoms with E-state index < -0.39 is 29.6 Å². The molecule has 7 rings (SSSR count). The van der Waals surface area contributed by atoms with E-state index in [1.165, 1.54) is 31.0 Å². The Morgan fingerprint density at radius 2 is 1.68 bits per heavy atom. The van der Waals surface area contributed by atoms with E-state index in [1.54, 1.807) is 53.2 Å². The number of para-hydroxylation sites is 1. The number of nitrogens with one attached hydrogen (secondary N) is 2. The van der Waals surface area contributed by atoms with Crippen LogP contribution < -0.4 is 15.4 Å². The van der Waals surface area contributed by atoms with Gasteiger partial charge in [0, 0.05) is 29.2 Å². The first-order chi connectivity index (χ1) is 21.5. The number of aromatic nitrogens is 2. The molecule has 0 bridgehead atoms. The van der Waals surface area contributed by atoms with Crippen LogP contribution in [0.25, 0.3) is 11.3 Å². The molecule has 3 aromatic carbocycles. The molecule has 0 aliphatic carbocycles. The van der Waals surface area contributed by atoms with Crippen LogP contribution in [-0.2, 0) is 11.3 Å². The largest absolute Gasteiger partial charge is 0.477 e. The summed E-state index contributed by atoms with van der Waals surface area (Å²) in [6.45, 7) is 3.79. The number of halogens is 2. The first kappa shape index (κ1) is 27.9. The number of benzene rings is 3. The number of ether oxygens (including phenoxy) is 1. The van der Waals surface area contributed by atoms with Gasteiger partial charge in [0.15, 0.2) is 0 Å². The normalized spacial score (nSPS) is 19.7. The van der Waals surface area contributed by atoms with Crippen LogP contribution in [0.15, 0.2) is 77.8 Å². The molecule has 2 amide bonds. The van der Waals surface area contributed by atoms with Crippen molar-refractivity contribution in [2.24, 2.45) is 10.9 Å². The number of nitrogens with zero attached hydrogens (tertiary/aromatic N) is 4. The van der Waals surface area contributed by atoms with Gasteiger partial charge in [-0.2, -0.15) is 5.10 Å². The van der Waals surface area contributed by atoms with Crippen molar-refractivity contribution in [1.29, 1.82) is 0 Å². The molecular weight excluding hydrogens is 566 g/mol. The molecule has 11 heteroatoms. The summed E-state index contributed by atoms with van der Waals surface area (Å²) in [5, 5.41) is 9.93. The van der Waals surface area contributed by atoms with Crippen molar-refractivity contribution in [2.75, 3.05) is 31.6 Å². The van der Waals surface area contributed by atoms with Crippen molar-refractivity contribution < 1.29 is 23.1 Å². The highest BCUT2D eigenvalue weighted by molar-refractivity contribution is 6.20. The fourth-order valence-corrected chi connectivity index (χ4v) is 6.12. The lowest BCUT2D eigenvalue weighted by Gasteiger charge is -2.28. The van der Waals surface area contributed by atoms with E-state index >= 15 is 4.39 Å². The van der Waals surface area contributed by atoms with Crippen molar-refractivity contribution >= 4 is 23.2 Å². The van der Waals surface area contributed by atoms with Crippen LogP contribution in [-0.4, -0.2) is 64.6 Å². The Morgan fingerprint density at radius 3 is 2.48 bits per heavy atom. The van der Waals surface area contributed by atoms with Gasteiger partial charge in [-0.05, 0) is 44.1 Å². The highest BCUT2D eigenvalue weighted by Gasteiger charge is 2.35. The first-order valence-electron chi connectivity index (χ1n) is 14.7. The van der Waals surface area contributed by atoms with Gasteiger partial charge in [0.25, 0.3) is 11.8 Å². The van der Waals surface area contributed by atoms with Crippen LogP contribution in [0.3, 0.4) is 0 Å². The van der Waals surface area contributed by atoms with E-state index in [2.05, 4.69) is 25.6 Å². The summed E-state index contributed by atoms with van der Waals surface area (Å²) < 4.78 is 37.8. The number of benzodiazepines with no additional fused rings is 1. The number of rotatable bonds is 6. The van der Waals surface area contributed by atoms with Crippen LogP contribution in [0.5, 0.6) is 5.88 Å². The molecule has 0 saturated carbocycles. The topological polar surface area (TPSA) is 101 Å². The zero-order chi connectivity index (χ0) is 30.2. The third kappa shape index (κ3) is 5.24. The molecule has 1 saturated heterocycles. The van der Waals surface area contributed by atoms with Crippen molar-refractivity contribution in [3.8, 4) is 17.1 Å². The predicted molar refractivity (Wildman–Crippen MR) is 161 cm³/mol. The molecule has 1 unspecified atom stereocenters. The minimum Gasteiger partial charge on any atom is -0.477 e. The molecule has 4 aromatic rings. The lowest BCUT2D eigenvalue weighted by molar-refractivity contribution is -0.117. The first-order valence-corrected chi connectivity index (χ1v) is 14.7. The Kier molecular flexibility index (Phi) is 7.39. The number of hydrogen-bond acceptors (Lipinski definition) is 6. The molecule has 2 atom stereocenters. The van der Waals surface area contributed by atoms with Crippen molar-refractivity contribution in [1.82, 2.24) is 20.0 Å². The molecule has 4 heterocycles. The molecule has 3 aliphatic heterocycles. The smallest absolute Gasteiger partial charge is 0.269 e. The average Bonchev–Trinajstić information content (AvgIpc) is 3.65. The second-order valence-corrected chi connectivity index (χ2v) is 11.2. The molecule has 0 spiro atoms. The van der Waals surface area contributed by atoms with Gasteiger partial charge in [-0.25, -0.2) is 18.5 Å². The van der Waals surface area contributed by atoms with Crippen molar-refractivity contribution in [2.45, 2.75) is 25.6 Å². The Morgan fingerprint density at radius 1 is 0.955 bits per heavy atom. The van der Waals surface area contributed by atoms with Gasteiger partial charge in [-0.1, -0.05) is 54.6 Å². The van der Waals surface area contributed by atoms with Crippen LogP contribution in [0, 0.1) is 17.6 Å². The number of aliphatic imine (C=N–C) groups is 1. The maximum atomic E-state index is 15.1. The Hall–Kier alpha value is -4.90. The molecule has 3 aliphatic rings. The molecule has 2 N–H and O–H groups in total. The number of carbonyl (C=O) groups is 2. The zero-order valence-corrected chi connectivity index (χ0v) is 23.8. The number of hydrogen-bond donors (Lipinski definition) is 2. The molecule has 0 radical (unpaired) electrons. The van der Waals surface area contributed by atoms with Crippen molar-refractivity contribution in [3.05, 3.63) is 101 Å². The molecular formula is C33H30F2N6O3. The summed E-state index contributed by atoms with van der Waals surface area (Å²) in [5.74, 6) is -2.28. The second-order valence-electron chi connectivity index (χ2n) is 11.2. The van der Waals surface area contributed by atoms with Gasteiger partial charge in [0.1, 0.15) is 22.9 Å². The third-order valence-electron chi connectivity index (χ3n) is 8.20. The van der Waals surface area contributed by atoms with E-state index in [0.717, 1.165) is 19.6 Å². The van der Waals surface area contributed by atoms with E-state index in [0.29, 0.717) is 30.0 Å². The average molecular weight is 597 g/mol. The van der Waals surface area contributed by atoms with Crippen molar-refractivity contribution in [3.63, 3.8) is 0 Å². The molecule has 44 heavy (non-hydrogen) atoms. The van der Waals surface area contributed by atoms with Gasteiger partial charge in [0.05, 0.1) is 24.6 Å². The van der Waals surface area contributed by atoms with Gasteiger partial charge in [0.2, 0.25) is 12.0 Å². The summed E-state index contributed by atoms with van der Waals surface area (Å²) in [4.78, 5) is 34.5. The quantitative estimate of drug-likeness (QED) is 0.342. The molecule has 224 valence electrons. The highest BCUT2D eigenvalue weighted by Crippen LogP contribution is 2.35. The van der Waals surface area contributed by atoms with Gasteiger partial charge >= 0.3 is 0 Å². The molecule has 1 fully saturated rings. The summed E-state index contributed by atoms with van der Waals surface area (Å²) in [7, 11) is 0. The SMILES string of the molecule is O=C(N[C@H]1N=C(c2ccccc2)c2cccc(F)c2NC1=O)c1c(-c2ccccc2F)nn2c1OCC(CN1CCCC1)C2. The number of amides is 2. The summed E-state index contributed by atoms with van der Waals surface area (Å²) in [6.07, 6.45) is 0.909. The number of anilines is 1. The lowest BCUT2D eigenvalue weighted by Crippen LogP contribution is -2.43. The Balaban J connectivity index is 1.26. The maximum Gasteiger partial charge on any atom is 0.269 e. The highest BCUT2D eigenvalue weighted by atomic mass is 19.1. The Bertz CT molecular complexity index is 1770. The van der Waals surface area contributed by atoms with Gasteiger partial charge in [-0.15, -0.1) is 0 Å². The van der Waals surface area contributed by atoms with Crippen LogP contribution in [0.4, 0.5) is 14.5 Å². The fraction of sp³-hybridized carbons (Fsp3) is 0.273. The van der Waals surface area contributed by atoms with Crippen LogP contribution in [0.2, 0.25) is 0 Å². The minimum atomic E-state index is -1.43. The Labute approximate surface area is 252 Å². The van der Waals surface area contributed by atoms with Crippen LogP contribution >= 0.6 is 0 Å².